The first kappa shape index (κ1) is 13.8. The summed E-state index contributed by atoms with van der Waals surface area (Å²) in [6.45, 7) is 6.83. The Balaban J connectivity index is 2.30. The summed E-state index contributed by atoms with van der Waals surface area (Å²) in [5.41, 5.74) is 2.19. The molecule has 0 bridgehead atoms. The monoisotopic (exact) mass is 320 g/mol. The Morgan fingerprint density at radius 1 is 1.16 bits per heavy atom. The molecule has 5 heteroatoms. The molecule has 0 atom stereocenters. The highest BCUT2D eigenvalue weighted by atomic mass is 79.9. The summed E-state index contributed by atoms with van der Waals surface area (Å²) in [4.78, 5) is 8.74. The number of rotatable bonds is 4. The molecule has 0 saturated carbocycles. The lowest BCUT2D eigenvalue weighted by molar-refractivity contribution is 1.04. The summed E-state index contributed by atoms with van der Waals surface area (Å²) in [7, 11) is 0. The molecule has 2 N–H and O–H groups in total. The van der Waals surface area contributed by atoms with Gasteiger partial charge in [-0.3, -0.25) is 0 Å². The second kappa shape index (κ2) is 6.02. The van der Waals surface area contributed by atoms with Gasteiger partial charge in [-0.25, -0.2) is 9.97 Å². The van der Waals surface area contributed by atoms with Crippen molar-refractivity contribution in [2.45, 2.75) is 20.8 Å². The fraction of sp³-hybridized carbons (Fsp3) is 0.286. The van der Waals surface area contributed by atoms with Gasteiger partial charge in [0.2, 0.25) is 0 Å². The summed E-state index contributed by atoms with van der Waals surface area (Å²) in [6, 6.07) is 7.97. The molecule has 2 rings (SSSR count). The van der Waals surface area contributed by atoms with Crippen molar-refractivity contribution in [3.8, 4) is 0 Å². The van der Waals surface area contributed by atoms with E-state index in [-0.39, 0.29) is 0 Å². The van der Waals surface area contributed by atoms with Crippen molar-refractivity contribution in [1.82, 2.24) is 9.97 Å². The first-order valence-electron chi connectivity index (χ1n) is 6.22. The van der Waals surface area contributed by atoms with Crippen molar-refractivity contribution in [3.63, 3.8) is 0 Å². The minimum Gasteiger partial charge on any atom is -0.370 e. The van der Waals surface area contributed by atoms with Gasteiger partial charge in [-0.1, -0.05) is 22.0 Å². The molecular weight excluding hydrogens is 304 g/mol. The maximum absolute atomic E-state index is 4.40. The van der Waals surface area contributed by atoms with Crippen LogP contribution in [0.1, 0.15) is 18.3 Å². The third kappa shape index (κ3) is 3.44. The van der Waals surface area contributed by atoms with E-state index in [1.54, 1.807) is 0 Å². The van der Waals surface area contributed by atoms with E-state index in [1.165, 1.54) is 0 Å². The molecule has 4 nitrogen and oxygen atoms in total. The lowest BCUT2D eigenvalue weighted by Crippen LogP contribution is -2.04. The van der Waals surface area contributed by atoms with Crippen LogP contribution in [0.2, 0.25) is 0 Å². The quantitative estimate of drug-likeness (QED) is 0.892. The minimum atomic E-state index is 0.744. The largest absolute Gasteiger partial charge is 0.370 e. The van der Waals surface area contributed by atoms with Crippen LogP contribution in [-0.4, -0.2) is 16.5 Å². The molecule has 0 unspecified atom stereocenters. The standard InChI is InChI=1S/C14H17BrN4/c1-4-16-13-8-14(18-10(3)17-13)19-12-7-5-6-11(15)9(12)2/h5-8H,4H2,1-3H3,(H2,16,17,18,19). The Kier molecular flexibility index (Phi) is 4.37. The van der Waals surface area contributed by atoms with Gasteiger partial charge in [0.1, 0.15) is 17.5 Å². The molecule has 0 aliphatic carbocycles. The molecule has 0 amide bonds. The molecule has 1 heterocycles. The highest BCUT2D eigenvalue weighted by Gasteiger charge is 2.05. The first-order chi connectivity index (χ1) is 9.10. The smallest absolute Gasteiger partial charge is 0.136 e. The number of anilines is 3. The van der Waals surface area contributed by atoms with Gasteiger partial charge in [0.05, 0.1) is 0 Å². The number of aromatic nitrogens is 2. The van der Waals surface area contributed by atoms with Crippen LogP contribution in [-0.2, 0) is 0 Å². The molecule has 100 valence electrons. The Bertz CT molecular complexity index is 584. The van der Waals surface area contributed by atoms with Crippen LogP contribution in [0.3, 0.4) is 0 Å². The number of benzene rings is 1. The highest BCUT2D eigenvalue weighted by Crippen LogP contribution is 2.26. The van der Waals surface area contributed by atoms with Crippen molar-refractivity contribution in [3.05, 3.63) is 40.1 Å². The number of nitrogens with zero attached hydrogens (tertiary/aromatic N) is 2. The van der Waals surface area contributed by atoms with E-state index in [9.17, 15) is 0 Å². The van der Waals surface area contributed by atoms with Crippen LogP contribution < -0.4 is 10.6 Å². The normalized spacial score (nSPS) is 10.3. The summed E-state index contributed by atoms with van der Waals surface area (Å²) < 4.78 is 1.08. The number of halogens is 1. The summed E-state index contributed by atoms with van der Waals surface area (Å²) in [6.07, 6.45) is 0. The molecule has 19 heavy (non-hydrogen) atoms. The summed E-state index contributed by atoms with van der Waals surface area (Å²) in [5.74, 6) is 2.38. The average molecular weight is 321 g/mol. The Hall–Kier alpha value is -1.62. The maximum Gasteiger partial charge on any atom is 0.136 e. The fourth-order valence-corrected chi connectivity index (χ4v) is 2.15. The van der Waals surface area contributed by atoms with Crippen LogP contribution in [0.15, 0.2) is 28.7 Å². The van der Waals surface area contributed by atoms with Gasteiger partial charge in [-0.05, 0) is 38.5 Å². The zero-order valence-electron chi connectivity index (χ0n) is 11.3. The third-order valence-electron chi connectivity index (χ3n) is 2.73. The molecule has 2 aromatic rings. The Labute approximate surface area is 121 Å². The molecule has 1 aromatic carbocycles. The Morgan fingerprint density at radius 2 is 1.89 bits per heavy atom. The van der Waals surface area contributed by atoms with E-state index in [1.807, 2.05) is 38.1 Å². The molecule has 0 radical (unpaired) electrons. The van der Waals surface area contributed by atoms with Gasteiger partial charge in [-0.15, -0.1) is 0 Å². The fourth-order valence-electron chi connectivity index (χ4n) is 1.78. The van der Waals surface area contributed by atoms with Crippen molar-refractivity contribution in [2.24, 2.45) is 0 Å². The molecule has 0 saturated heterocycles. The number of hydrogen-bond donors (Lipinski definition) is 2. The zero-order chi connectivity index (χ0) is 13.8. The van der Waals surface area contributed by atoms with E-state index in [0.29, 0.717) is 0 Å². The molecule has 0 fully saturated rings. The molecule has 1 aromatic heterocycles. The van der Waals surface area contributed by atoms with Crippen molar-refractivity contribution < 1.29 is 0 Å². The first-order valence-corrected chi connectivity index (χ1v) is 7.01. The predicted molar refractivity (Wildman–Crippen MR) is 83.1 cm³/mol. The topological polar surface area (TPSA) is 49.8 Å². The number of hydrogen-bond acceptors (Lipinski definition) is 4. The molecule has 0 spiro atoms. The maximum atomic E-state index is 4.40. The van der Waals surface area contributed by atoms with Crippen LogP contribution in [0.4, 0.5) is 17.3 Å². The van der Waals surface area contributed by atoms with Gasteiger partial charge in [-0.2, -0.15) is 0 Å². The summed E-state index contributed by atoms with van der Waals surface area (Å²) >= 11 is 3.53. The van der Waals surface area contributed by atoms with E-state index in [4.69, 9.17) is 0 Å². The summed E-state index contributed by atoms with van der Waals surface area (Å²) in [5, 5.41) is 6.53. The van der Waals surface area contributed by atoms with E-state index in [2.05, 4.69) is 43.5 Å². The molecule has 0 aliphatic rings. The van der Waals surface area contributed by atoms with Crippen LogP contribution in [0.5, 0.6) is 0 Å². The lowest BCUT2D eigenvalue weighted by atomic mass is 10.2. The molecular formula is C14H17BrN4. The minimum absolute atomic E-state index is 0.744. The highest BCUT2D eigenvalue weighted by molar-refractivity contribution is 9.10. The second-order valence-electron chi connectivity index (χ2n) is 4.25. The van der Waals surface area contributed by atoms with Crippen LogP contribution in [0.25, 0.3) is 0 Å². The van der Waals surface area contributed by atoms with Crippen LogP contribution >= 0.6 is 15.9 Å². The van der Waals surface area contributed by atoms with Gasteiger partial charge in [0, 0.05) is 22.8 Å². The third-order valence-corrected chi connectivity index (χ3v) is 3.59. The van der Waals surface area contributed by atoms with Crippen LogP contribution in [0, 0.1) is 13.8 Å². The lowest BCUT2D eigenvalue weighted by Gasteiger charge is -2.12. The van der Waals surface area contributed by atoms with Gasteiger partial charge >= 0.3 is 0 Å². The van der Waals surface area contributed by atoms with Gasteiger partial charge < -0.3 is 10.6 Å². The zero-order valence-corrected chi connectivity index (χ0v) is 12.9. The second-order valence-corrected chi connectivity index (χ2v) is 5.11. The van der Waals surface area contributed by atoms with Crippen molar-refractivity contribution in [1.29, 1.82) is 0 Å². The van der Waals surface area contributed by atoms with E-state index in [0.717, 1.165) is 39.7 Å². The SMILES string of the molecule is CCNc1cc(Nc2cccc(Br)c2C)nc(C)n1. The number of aryl methyl sites for hydroxylation is 1. The Morgan fingerprint density at radius 3 is 2.63 bits per heavy atom. The number of nitrogens with one attached hydrogen (secondary N) is 2. The van der Waals surface area contributed by atoms with Gasteiger partial charge in [0.15, 0.2) is 0 Å². The van der Waals surface area contributed by atoms with Crippen molar-refractivity contribution >= 4 is 33.3 Å². The predicted octanol–water partition coefficient (Wildman–Crippen LogP) is 4.03. The van der Waals surface area contributed by atoms with Crippen molar-refractivity contribution in [2.75, 3.05) is 17.2 Å². The van der Waals surface area contributed by atoms with Gasteiger partial charge in [0.25, 0.3) is 0 Å². The molecule has 0 aliphatic heterocycles. The van der Waals surface area contributed by atoms with E-state index >= 15 is 0 Å². The van der Waals surface area contributed by atoms with E-state index < -0.39 is 0 Å². The average Bonchev–Trinajstić information content (AvgIpc) is 2.35.